The Balaban J connectivity index is 2.12. The Bertz CT molecular complexity index is 595. The third-order valence-corrected chi connectivity index (χ3v) is 4.33. The van der Waals surface area contributed by atoms with Gasteiger partial charge in [-0.1, -0.05) is 30.3 Å². The van der Waals surface area contributed by atoms with Crippen molar-refractivity contribution >= 4 is 17.8 Å². The van der Waals surface area contributed by atoms with Crippen molar-refractivity contribution in [3.63, 3.8) is 0 Å². The summed E-state index contributed by atoms with van der Waals surface area (Å²) in [5.41, 5.74) is -1.66. The summed E-state index contributed by atoms with van der Waals surface area (Å²) in [6, 6.07) is 8.74. The van der Waals surface area contributed by atoms with Crippen molar-refractivity contribution in [2.24, 2.45) is 5.41 Å². The van der Waals surface area contributed by atoms with Gasteiger partial charge in [0, 0.05) is 13.6 Å². The average molecular weight is 304 g/mol. The molecule has 0 aromatic heterocycles. The molecule has 1 aliphatic rings. The number of carbonyl (C=O) groups excluding carboxylic acids is 2. The van der Waals surface area contributed by atoms with E-state index in [1.54, 1.807) is 37.3 Å². The van der Waals surface area contributed by atoms with Crippen LogP contribution in [-0.4, -0.2) is 36.5 Å². The minimum atomic E-state index is -1.24. The van der Waals surface area contributed by atoms with Crippen LogP contribution in [0.1, 0.15) is 25.3 Å². The van der Waals surface area contributed by atoms with E-state index in [2.05, 4.69) is 10.6 Å². The largest absolute Gasteiger partial charge is 0.481 e. The number of amides is 2. The Morgan fingerprint density at radius 1 is 1.18 bits per heavy atom. The van der Waals surface area contributed by atoms with Crippen LogP contribution >= 0.6 is 0 Å². The summed E-state index contributed by atoms with van der Waals surface area (Å²) in [6.45, 7) is 1.49. The molecule has 118 valence electrons. The number of rotatable bonds is 6. The van der Waals surface area contributed by atoms with Gasteiger partial charge in [-0.15, -0.1) is 0 Å². The van der Waals surface area contributed by atoms with E-state index in [-0.39, 0.29) is 12.5 Å². The third kappa shape index (κ3) is 2.68. The lowest BCUT2D eigenvalue weighted by Gasteiger charge is -2.26. The van der Waals surface area contributed by atoms with Gasteiger partial charge in [0.1, 0.15) is 10.8 Å². The molecule has 0 spiro atoms. The summed E-state index contributed by atoms with van der Waals surface area (Å²) in [5, 5.41) is 14.7. The Morgan fingerprint density at radius 2 is 1.77 bits per heavy atom. The Kier molecular flexibility index (Phi) is 4.21. The Morgan fingerprint density at radius 3 is 2.23 bits per heavy atom. The fourth-order valence-corrected chi connectivity index (χ4v) is 2.45. The summed E-state index contributed by atoms with van der Waals surface area (Å²) in [6.07, 6.45) is 0.987. The number of hydrogen-bond donors (Lipinski definition) is 3. The van der Waals surface area contributed by atoms with Gasteiger partial charge in [-0.3, -0.25) is 14.4 Å². The van der Waals surface area contributed by atoms with E-state index in [1.165, 1.54) is 7.05 Å². The number of carbonyl (C=O) groups is 3. The second-order valence-corrected chi connectivity index (χ2v) is 5.85. The van der Waals surface area contributed by atoms with E-state index in [0.29, 0.717) is 18.4 Å². The lowest BCUT2D eigenvalue weighted by molar-refractivity contribution is -0.143. The summed E-state index contributed by atoms with van der Waals surface area (Å²) >= 11 is 0. The van der Waals surface area contributed by atoms with Crippen LogP contribution in [0.3, 0.4) is 0 Å². The summed E-state index contributed by atoms with van der Waals surface area (Å²) in [4.78, 5) is 35.7. The van der Waals surface area contributed by atoms with Gasteiger partial charge in [0.15, 0.2) is 0 Å². The molecular weight excluding hydrogens is 284 g/mol. The van der Waals surface area contributed by atoms with Gasteiger partial charge < -0.3 is 15.7 Å². The first-order chi connectivity index (χ1) is 10.4. The maximum atomic E-state index is 12.3. The number of carboxylic acid groups (broad SMARTS) is 1. The molecule has 1 aromatic carbocycles. The van der Waals surface area contributed by atoms with Gasteiger partial charge in [-0.05, 0) is 25.3 Å². The van der Waals surface area contributed by atoms with Crippen molar-refractivity contribution in [3.8, 4) is 0 Å². The predicted molar refractivity (Wildman–Crippen MR) is 80.2 cm³/mol. The van der Waals surface area contributed by atoms with Crippen molar-refractivity contribution < 1.29 is 19.5 Å². The second-order valence-electron chi connectivity index (χ2n) is 5.85. The molecule has 2 rings (SSSR count). The zero-order valence-electron chi connectivity index (χ0n) is 12.7. The summed E-state index contributed by atoms with van der Waals surface area (Å²) < 4.78 is 0. The van der Waals surface area contributed by atoms with Crippen molar-refractivity contribution in [1.29, 1.82) is 0 Å². The molecule has 0 saturated heterocycles. The van der Waals surface area contributed by atoms with Gasteiger partial charge >= 0.3 is 5.97 Å². The number of nitrogens with one attached hydrogen (secondary N) is 2. The van der Waals surface area contributed by atoms with Crippen LogP contribution in [0.25, 0.3) is 0 Å². The smallest absolute Gasteiger partial charge is 0.315 e. The highest BCUT2D eigenvalue weighted by Gasteiger charge is 2.56. The highest BCUT2D eigenvalue weighted by Crippen LogP contribution is 2.46. The Labute approximate surface area is 128 Å². The van der Waals surface area contributed by atoms with Gasteiger partial charge in [0.25, 0.3) is 0 Å². The van der Waals surface area contributed by atoms with E-state index >= 15 is 0 Å². The van der Waals surface area contributed by atoms with Gasteiger partial charge in [-0.25, -0.2) is 0 Å². The molecule has 1 aliphatic carbocycles. The molecule has 22 heavy (non-hydrogen) atoms. The van der Waals surface area contributed by atoms with Gasteiger partial charge in [0.05, 0.1) is 0 Å². The SMILES string of the molecule is CNC(=O)C1(C(=O)NCC(C)(C(=O)O)c2ccccc2)CC1. The van der Waals surface area contributed by atoms with Crippen molar-refractivity contribution in [2.45, 2.75) is 25.2 Å². The van der Waals surface area contributed by atoms with Gasteiger partial charge in [0.2, 0.25) is 11.8 Å². The maximum absolute atomic E-state index is 12.3. The molecule has 0 bridgehead atoms. The normalized spacial score (nSPS) is 17.9. The first-order valence-corrected chi connectivity index (χ1v) is 7.16. The monoisotopic (exact) mass is 304 g/mol. The van der Waals surface area contributed by atoms with Crippen LogP contribution in [0.15, 0.2) is 30.3 Å². The number of hydrogen-bond acceptors (Lipinski definition) is 3. The summed E-state index contributed by atoms with van der Waals surface area (Å²) in [5.74, 6) is -1.75. The lowest BCUT2D eigenvalue weighted by Crippen LogP contribution is -2.49. The van der Waals surface area contributed by atoms with Gasteiger partial charge in [-0.2, -0.15) is 0 Å². The zero-order chi connectivity index (χ0) is 16.4. The second kappa shape index (κ2) is 5.79. The quantitative estimate of drug-likeness (QED) is 0.673. The molecule has 1 aromatic rings. The first kappa shape index (κ1) is 16.0. The fraction of sp³-hybridized carbons (Fsp3) is 0.438. The van der Waals surface area contributed by atoms with Crippen LogP contribution in [0.2, 0.25) is 0 Å². The number of aliphatic carboxylic acids is 1. The molecule has 3 N–H and O–H groups in total. The van der Waals surface area contributed by atoms with E-state index in [1.807, 2.05) is 0 Å². The van der Waals surface area contributed by atoms with E-state index in [0.717, 1.165) is 0 Å². The minimum Gasteiger partial charge on any atom is -0.481 e. The maximum Gasteiger partial charge on any atom is 0.315 e. The van der Waals surface area contributed by atoms with E-state index < -0.39 is 22.7 Å². The molecule has 0 aliphatic heterocycles. The van der Waals surface area contributed by atoms with Crippen LogP contribution < -0.4 is 10.6 Å². The molecule has 1 fully saturated rings. The minimum absolute atomic E-state index is 0.0656. The Hall–Kier alpha value is -2.37. The van der Waals surface area contributed by atoms with E-state index in [4.69, 9.17) is 0 Å². The lowest BCUT2D eigenvalue weighted by atomic mass is 9.82. The third-order valence-electron chi connectivity index (χ3n) is 4.33. The molecule has 6 nitrogen and oxygen atoms in total. The highest BCUT2D eigenvalue weighted by atomic mass is 16.4. The molecule has 1 saturated carbocycles. The van der Waals surface area contributed by atoms with Crippen molar-refractivity contribution in [2.75, 3.05) is 13.6 Å². The fourth-order valence-electron chi connectivity index (χ4n) is 2.45. The predicted octanol–water partition coefficient (Wildman–Crippen LogP) is 0.671. The van der Waals surface area contributed by atoms with Crippen LogP contribution in [0.4, 0.5) is 0 Å². The van der Waals surface area contributed by atoms with Crippen LogP contribution in [0.5, 0.6) is 0 Å². The van der Waals surface area contributed by atoms with Crippen LogP contribution in [-0.2, 0) is 19.8 Å². The number of carboxylic acids is 1. The molecule has 2 amide bonds. The molecular formula is C16H20N2O4. The van der Waals surface area contributed by atoms with E-state index in [9.17, 15) is 19.5 Å². The van der Waals surface area contributed by atoms with Crippen molar-refractivity contribution in [1.82, 2.24) is 10.6 Å². The topological polar surface area (TPSA) is 95.5 Å². The molecule has 1 atom stereocenters. The molecule has 6 heteroatoms. The molecule has 0 radical (unpaired) electrons. The average Bonchev–Trinajstić information content (AvgIpc) is 3.34. The number of benzene rings is 1. The van der Waals surface area contributed by atoms with Crippen molar-refractivity contribution in [3.05, 3.63) is 35.9 Å². The summed E-state index contributed by atoms with van der Waals surface area (Å²) in [7, 11) is 1.49. The first-order valence-electron chi connectivity index (χ1n) is 7.16. The zero-order valence-corrected chi connectivity index (χ0v) is 12.7. The molecule has 1 unspecified atom stereocenters. The van der Waals surface area contributed by atoms with Crippen LogP contribution in [0, 0.1) is 5.41 Å². The molecule has 0 heterocycles. The highest BCUT2D eigenvalue weighted by molar-refractivity contribution is 6.07. The standard InChI is InChI=1S/C16H20N2O4/c1-15(14(21)22,11-6-4-3-5-7-11)10-18-13(20)16(8-9-16)12(19)17-2/h3-7H,8-10H2,1-2H3,(H,17,19)(H,18,20)(H,21,22).